The minimum absolute atomic E-state index is 0.0212. The molecule has 1 aliphatic rings. The first-order valence-corrected chi connectivity index (χ1v) is 8.83. The number of rotatable bonds is 4. The van der Waals surface area contributed by atoms with Crippen LogP contribution in [0, 0.1) is 0 Å². The number of nitrogens with one attached hydrogen (secondary N) is 1. The number of carbonyl (C=O) groups is 3. The van der Waals surface area contributed by atoms with E-state index in [9.17, 15) is 14.4 Å². The van der Waals surface area contributed by atoms with Crippen molar-refractivity contribution in [2.24, 2.45) is 0 Å². The van der Waals surface area contributed by atoms with Crippen LogP contribution in [0.25, 0.3) is 0 Å². The Morgan fingerprint density at radius 1 is 0.963 bits per heavy atom. The molecule has 0 aliphatic carbocycles. The molecule has 7 nitrogen and oxygen atoms in total. The van der Waals surface area contributed by atoms with Crippen LogP contribution >= 0.6 is 0 Å². The molecule has 27 heavy (non-hydrogen) atoms. The van der Waals surface area contributed by atoms with E-state index in [0.29, 0.717) is 30.0 Å². The second kappa shape index (κ2) is 7.99. The van der Waals surface area contributed by atoms with Crippen molar-refractivity contribution in [3.8, 4) is 0 Å². The number of benzene rings is 1. The van der Waals surface area contributed by atoms with Gasteiger partial charge in [-0.05, 0) is 43.3 Å². The van der Waals surface area contributed by atoms with Crippen molar-refractivity contribution in [2.75, 3.05) is 36.4 Å². The quantitative estimate of drug-likeness (QED) is 0.839. The second-order valence-corrected chi connectivity index (χ2v) is 6.48. The van der Waals surface area contributed by atoms with Crippen LogP contribution in [-0.4, -0.2) is 53.7 Å². The van der Waals surface area contributed by atoms with Crippen molar-refractivity contribution in [3.63, 3.8) is 0 Å². The lowest BCUT2D eigenvalue weighted by Gasteiger charge is -2.35. The van der Waals surface area contributed by atoms with Crippen LogP contribution in [0.3, 0.4) is 0 Å². The van der Waals surface area contributed by atoms with Crippen LogP contribution in [0.1, 0.15) is 34.7 Å². The smallest absolute Gasteiger partial charge is 0.274 e. The maximum atomic E-state index is 12.5. The van der Waals surface area contributed by atoms with Crippen molar-refractivity contribution < 1.29 is 14.4 Å². The van der Waals surface area contributed by atoms with Gasteiger partial charge in [0.05, 0.1) is 0 Å². The van der Waals surface area contributed by atoms with Crippen LogP contribution < -0.4 is 10.2 Å². The maximum Gasteiger partial charge on any atom is 0.274 e. The van der Waals surface area contributed by atoms with Gasteiger partial charge in [0.2, 0.25) is 5.91 Å². The fraction of sp³-hybridized carbons (Fsp3) is 0.300. The van der Waals surface area contributed by atoms with E-state index >= 15 is 0 Å². The number of carbonyl (C=O) groups excluding carboxylic acids is 3. The summed E-state index contributed by atoms with van der Waals surface area (Å²) in [5.74, 6) is -0.248. The molecule has 1 aromatic carbocycles. The number of ketones is 1. The molecule has 2 amide bonds. The number of piperazine rings is 1. The Balaban J connectivity index is 1.67. The summed E-state index contributed by atoms with van der Waals surface area (Å²) in [5, 5.41) is 2.79. The summed E-state index contributed by atoms with van der Waals surface area (Å²) >= 11 is 0. The fourth-order valence-corrected chi connectivity index (χ4v) is 3.00. The zero-order chi connectivity index (χ0) is 19.4. The highest BCUT2D eigenvalue weighted by Crippen LogP contribution is 2.18. The first-order valence-electron chi connectivity index (χ1n) is 8.83. The van der Waals surface area contributed by atoms with Crippen molar-refractivity contribution in [3.05, 3.63) is 53.9 Å². The topological polar surface area (TPSA) is 82.6 Å². The summed E-state index contributed by atoms with van der Waals surface area (Å²) in [6, 6.07) is 10.4. The van der Waals surface area contributed by atoms with Gasteiger partial charge in [0.1, 0.15) is 5.69 Å². The molecule has 7 heteroatoms. The number of hydrogen-bond donors (Lipinski definition) is 1. The van der Waals surface area contributed by atoms with Crippen molar-refractivity contribution in [1.82, 2.24) is 9.88 Å². The van der Waals surface area contributed by atoms with Gasteiger partial charge in [0, 0.05) is 56.2 Å². The standard InChI is InChI=1S/C20H22N4O3/c1-14(25)16-3-5-17(6-4-16)22-20(27)19-13-18(7-8-21-19)24-11-9-23(10-12-24)15(2)26/h3-8,13H,9-12H2,1-2H3,(H,22,27). The van der Waals surface area contributed by atoms with E-state index in [-0.39, 0.29) is 17.6 Å². The number of hydrogen-bond acceptors (Lipinski definition) is 5. The summed E-state index contributed by atoms with van der Waals surface area (Å²) in [6.45, 7) is 5.85. The number of pyridine rings is 1. The summed E-state index contributed by atoms with van der Waals surface area (Å²) in [6.07, 6.45) is 1.61. The molecule has 0 radical (unpaired) electrons. The molecule has 3 rings (SSSR count). The zero-order valence-electron chi connectivity index (χ0n) is 15.4. The molecule has 1 fully saturated rings. The Hall–Kier alpha value is -3.22. The molecule has 1 N–H and O–H groups in total. The Morgan fingerprint density at radius 3 is 2.22 bits per heavy atom. The number of nitrogens with zero attached hydrogens (tertiary/aromatic N) is 3. The highest BCUT2D eigenvalue weighted by atomic mass is 16.2. The highest BCUT2D eigenvalue weighted by Gasteiger charge is 2.20. The van der Waals surface area contributed by atoms with Crippen LogP contribution in [0.4, 0.5) is 11.4 Å². The molecule has 0 saturated carbocycles. The average molecular weight is 366 g/mol. The average Bonchev–Trinajstić information content (AvgIpc) is 2.68. The minimum atomic E-state index is -0.310. The summed E-state index contributed by atoms with van der Waals surface area (Å²) in [5.41, 5.74) is 2.42. The number of amides is 2. The molecule has 0 unspecified atom stereocenters. The van der Waals surface area contributed by atoms with Gasteiger partial charge in [-0.2, -0.15) is 0 Å². The van der Waals surface area contributed by atoms with Crippen molar-refractivity contribution >= 4 is 29.0 Å². The molecule has 0 atom stereocenters. The normalized spacial score (nSPS) is 14.0. The fourth-order valence-electron chi connectivity index (χ4n) is 3.00. The van der Waals surface area contributed by atoms with Gasteiger partial charge in [-0.25, -0.2) is 0 Å². The third-order valence-corrected chi connectivity index (χ3v) is 4.62. The van der Waals surface area contributed by atoms with E-state index < -0.39 is 0 Å². The van der Waals surface area contributed by atoms with Gasteiger partial charge in [0.15, 0.2) is 5.78 Å². The zero-order valence-corrected chi connectivity index (χ0v) is 15.4. The maximum absolute atomic E-state index is 12.5. The second-order valence-electron chi connectivity index (χ2n) is 6.48. The molecule has 140 valence electrons. The largest absolute Gasteiger partial charge is 0.368 e. The first-order chi connectivity index (χ1) is 12.9. The molecule has 1 aromatic heterocycles. The molecule has 2 heterocycles. The van der Waals surface area contributed by atoms with E-state index in [1.54, 1.807) is 43.5 Å². The molecule has 0 bridgehead atoms. The third kappa shape index (κ3) is 4.49. The van der Waals surface area contributed by atoms with E-state index in [1.807, 2.05) is 11.0 Å². The predicted molar refractivity (Wildman–Crippen MR) is 103 cm³/mol. The van der Waals surface area contributed by atoms with Crippen LogP contribution in [0.5, 0.6) is 0 Å². The minimum Gasteiger partial charge on any atom is -0.368 e. The molecule has 1 aliphatic heterocycles. The van der Waals surface area contributed by atoms with E-state index in [4.69, 9.17) is 0 Å². The van der Waals surface area contributed by atoms with Gasteiger partial charge < -0.3 is 15.1 Å². The molecule has 0 spiro atoms. The lowest BCUT2D eigenvalue weighted by atomic mass is 10.1. The van der Waals surface area contributed by atoms with Gasteiger partial charge >= 0.3 is 0 Å². The summed E-state index contributed by atoms with van der Waals surface area (Å²) in [7, 11) is 0. The van der Waals surface area contributed by atoms with E-state index in [0.717, 1.165) is 18.8 Å². The number of anilines is 2. The monoisotopic (exact) mass is 366 g/mol. The Kier molecular flexibility index (Phi) is 5.49. The van der Waals surface area contributed by atoms with Gasteiger partial charge in [-0.15, -0.1) is 0 Å². The van der Waals surface area contributed by atoms with Crippen molar-refractivity contribution in [2.45, 2.75) is 13.8 Å². The van der Waals surface area contributed by atoms with Crippen LogP contribution in [0.15, 0.2) is 42.6 Å². The van der Waals surface area contributed by atoms with Crippen LogP contribution in [-0.2, 0) is 4.79 Å². The lowest BCUT2D eigenvalue weighted by molar-refractivity contribution is -0.129. The van der Waals surface area contributed by atoms with Gasteiger partial charge in [-0.1, -0.05) is 0 Å². The first kappa shape index (κ1) is 18.6. The van der Waals surface area contributed by atoms with Gasteiger partial charge in [0.25, 0.3) is 5.91 Å². The van der Waals surface area contributed by atoms with Crippen LogP contribution in [0.2, 0.25) is 0 Å². The molecular formula is C20H22N4O3. The van der Waals surface area contributed by atoms with Gasteiger partial charge in [-0.3, -0.25) is 19.4 Å². The SMILES string of the molecule is CC(=O)c1ccc(NC(=O)c2cc(N3CCN(C(C)=O)CC3)ccn2)cc1. The lowest BCUT2D eigenvalue weighted by Crippen LogP contribution is -2.48. The Morgan fingerprint density at radius 2 is 1.63 bits per heavy atom. The van der Waals surface area contributed by atoms with Crippen molar-refractivity contribution in [1.29, 1.82) is 0 Å². The summed E-state index contributed by atoms with van der Waals surface area (Å²) < 4.78 is 0. The molecule has 2 aromatic rings. The van der Waals surface area contributed by atoms with E-state index in [1.165, 1.54) is 6.92 Å². The predicted octanol–water partition coefficient (Wildman–Crippen LogP) is 2.21. The summed E-state index contributed by atoms with van der Waals surface area (Å²) in [4.78, 5) is 43.4. The highest BCUT2D eigenvalue weighted by molar-refractivity contribution is 6.03. The third-order valence-electron chi connectivity index (χ3n) is 4.62. The van der Waals surface area contributed by atoms with E-state index in [2.05, 4.69) is 15.2 Å². The number of Topliss-reactive ketones (excluding diaryl/α,β-unsaturated/α-hetero) is 1. The molecular weight excluding hydrogens is 344 g/mol. The Bertz CT molecular complexity index is 856. The molecule has 1 saturated heterocycles. The Labute approximate surface area is 158 Å². The number of aromatic nitrogens is 1.